The number of hydrogen-bond acceptors (Lipinski definition) is 3. The highest BCUT2D eigenvalue weighted by Crippen LogP contribution is 2.20. The van der Waals surface area contributed by atoms with Gasteiger partial charge in [0.1, 0.15) is 0 Å². The second kappa shape index (κ2) is 13.1. The quantitative estimate of drug-likeness (QED) is 0.230. The summed E-state index contributed by atoms with van der Waals surface area (Å²) in [5.74, 6) is 0.944. The van der Waals surface area contributed by atoms with Crippen LogP contribution in [0.4, 0.5) is 0 Å². The zero-order chi connectivity index (χ0) is 21.3. The maximum atomic E-state index is 4.81. The standard InChI is InChI=1S/C24H38N6.HI/c1-5-25-24(26-13-9-14-30-21(4)16-19(2)28-30)27-23-12-15-29(20(3)17-23)18-22-10-7-6-8-11-22;/h6-8,10-11,16,20,23H,5,9,12-15,17-18H2,1-4H3,(H2,25,26,27);1H. The number of nitrogens with zero attached hydrogens (tertiary/aromatic N) is 4. The first-order chi connectivity index (χ1) is 14.5. The number of rotatable bonds is 8. The maximum Gasteiger partial charge on any atom is 0.191 e. The molecule has 0 aliphatic carbocycles. The van der Waals surface area contributed by atoms with Gasteiger partial charge in [0.15, 0.2) is 5.96 Å². The Bertz CT molecular complexity index is 804. The molecule has 172 valence electrons. The Balaban J connectivity index is 0.00000341. The second-order valence-electron chi connectivity index (χ2n) is 8.44. The topological polar surface area (TPSA) is 57.5 Å². The maximum absolute atomic E-state index is 4.81. The first-order valence-corrected chi connectivity index (χ1v) is 11.4. The number of aliphatic imine (C=N–C) groups is 1. The van der Waals surface area contributed by atoms with E-state index in [2.05, 4.69) is 82.5 Å². The summed E-state index contributed by atoms with van der Waals surface area (Å²) >= 11 is 0. The van der Waals surface area contributed by atoms with Gasteiger partial charge in [0.05, 0.1) is 5.69 Å². The number of benzene rings is 1. The van der Waals surface area contributed by atoms with E-state index in [0.29, 0.717) is 12.1 Å². The van der Waals surface area contributed by atoms with Crippen molar-refractivity contribution in [2.24, 2.45) is 4.99 Å². The van der Waals surface area contributed by atoms with Crippen LogP contribution in [0.25, 0.3) is 0 Å². The van der Waals surface area contributed by atoms with Crippen molar-refractivity contribution in [1.82, 2.24) is 25.3 Å². The number of nitrogens with one attached hydrogen (secondary N) is 2. The predicted molar refractivity (Wildman–Crippen MR) is 140 cm³/mol. The van der Waals surface area contributed by atoms with Crippen molar-refractivity contribution >= 4 is 29.9 Å². The van der Waals surface area contributed by atoms with Crippen LogP contribution in [0.15, 0.2) is 41.4 Å². The van der Waals surface area contributed by atoms with Crippen LogP contribution < -0.4 is 10.6 Å². The van der Waals surface area contributed by atoms with Crippen LogP contribution in [0.3, 0.4) is 0 Å². The highest BCUT2D eigenvalue weighted by atomic mass is 127. The van der Waals surface area contributed by atoms with Crippen molar-refractivity contribution in [1.29, 1.82) is 0 Å². The number of hydrogen-bond donors (Lipinski definition) is 2. The molecule has 1 aromatic heterocycles. The normalized spacial score (nSPS) is 19.7. The lowest BCUT2D eigenvalue weighted by molar-refractivity contribution is 0.134. The van der Waals surface area contributed by atoms with E-state index in [-0.39, 0.29) is 24.0 Å². The van der Waals surface area contributed by atoms with Gasteiger partial charge in [-0.25, -0.2) is 0 Å². The lowest BCUT2D eigenvalue weighted by atomic mass is 9.97. The van der Waals surface area contributed by atoms with Gasteiger partial charge in [-0.15, -0.1) is 24.0 Å². The van der Waals surface area contributed by atoms with E-state index in [0.717, 1.165) is 63.6 Å². The average molecular weight is 539 g/mol. The molecular weight excluding hydrogens is 499 g/mol. The molecule has 0 radical (unpaired) electrons. The number of piperidine rings is 1. The van der Waals surface area contributed by atoms with Crippen molar-refractivity contribution in [2.75, 3.05) is 19.6 Å². The summed E-state index contributed by atoms with van der Waals surface area (Å²) in [5.41, 5.74) is 3.70. The van der Waals surface area contributed by atoms with Crippen LogP contribution in [0, 0.1) is 13.8 Å². The lowest BCUT2D eigenvalue weighted by Gasteiger charge is -2.38. The van der Waals surface area contributed by atoms with E-state index in [1.807, 2.05) is 6.92 Å². The first kappa shape index (κ1) is 25.6. The van der Waals surface area contributed by atoms with Gasteiger partial charge in [0, 0.05) is 50.5 Å². The summed E-state index contributed by atoms with van der Waals surface area (Å²) in [4.78, 5) is 7.40. The van der Waals surface area contributed by atoms with E-state index in [9.17, 15) is 0 Å². The summed E-state index contributed by atoms with van der Waals surface area (Å²) in [6.45, 7) is 13.4. The predicted octanol–water partition coefficient (Wildman–Crippen LogP) is 4.12. The molecule has 6 nitrogen and oxygen atoms in total. The van der Waals surface area contributed by atoms with E-state index in [1.54, 1.807) is 0 Å². The Morgan fingerprint density at radius 3 is 2.65 bits per heavy atom. The van der Waals surface area contributed by atoms with Gasteiger partial charge in [0.25, 0.3) is 0 Å². The molecule has 0 amide bonds. The largest absolute Gasteiger partial charge is 0.357 e. The van der Waals surface area contributed by atoms with Crippen LogP contribution in [-0.4, -0.2) is 52.4 Å². The zero-order valence-electron chi connectivity index (χ0n) is 19.5. The second-order valence-corrected chi connectivity index (χ2v) is 8.44. The van der Waals surface area contributed by atoms with Gasteiger partial charge in [0.2, 0.25) is 0 Å². The van der Waals surface area contributed by atoms with Crippen LogP contribution in [0.1, 0.15) is 50.1 Å². The van der Waals surface area contributed by atoms with Crippen LogP contribution >= 0.6 is 24.0 Å². The SMILES string of the molecule is CCNC(=NCCCn1nc(C)cc1C)NC1CCN(Cc2ccccc2)C(C)C1.I. The fraction of sp³-hybridized carbons (Fsp3) is 0.583. The monoisotopic (exact) mass is 538 g/mol. The summed E-state index contributed by atoms with van der Waals surface area (Å²) in [6.07, 6.45) is 3.28. The van der Waals surface area contributed by atoms with Gasteiger partial charge >= 0.3 is 0 Å². The molecule has 1 aliphatic rings. The lowest BCUT2D eigenvalue weighted by Crippen LogP contribution is -2.51. The fourth-order valence-electron chi connectivity index (χ4n) is 4.23. The van der Waals surface area contributed by atoms with Gasteiger partial charge in [-0.3, -0.25) is 14.6 Å². The van der Waals surface area contributed by atoms with Crippen LogP contribution in [0.5, 0.6) is 0 Å². The summed E-state index contributed by atoms with van der Waals surface area (Å²) in [6, 6.07) is 13.9. The highest BCUT2D eigenvalue weighted by Gasteiger charge is 2.25. The third kappa shape index (κ3) is 8.11. The number of likely N-dealkylation sites (tertiary alicyclic amines) is 1. The molecule has 0 bridgehead atoms. The molecule has 2 N–H and O–H groups in total. The molecule has 2 aromatic rings. The number of aromatic nitrogens is 2. The van der Waals surface area contributed by atoms with Crippen molar-refractivity contribution in [3.63, 3.8) is 0 Å². The molecule has 1 aromatic carbocycles. The summed E-state index contributed by atoms with van der Waals surface area (Å²) < 4.78 is 2.08. The van der Waals surface area contributed by atoms with E-state index in [1.165, 1.54) is 11.3 Å². The smallest absolute Gasteiger partial charge is 0.191 e. The minimum absolute atomic E-state index is 0. The summed E-state index contributed by atoms with van der Waals surface area (Å²) in [7, 11) is 0. The molecule has 1 saturated heterocycles. The Morgan fingerprint density at radius 1 is 1.23 bits per heavy atom. The Kier molecular flexibility index (Phi) is 10.8. The molecular formula is C24H39IN6. The minimum atomic E-state index is 0. The Hall–Kier alpha value is -1.61. The zero-order valence-corrected chi connectivity index (χ0v) is 21.8. The number of guanidine groups is 1. The molecule has 2 heterocycles. The van der Waals surface area contributed by atoms with Gasteiger partial charge in [-0.2, -0.15) is 5.10 Å². The van der Waals surface area contributed by atoms with Crippen LogP contribution in [0.2, 0.25) is 0 Å². The van der Waals surface area contributed by atoms with E-state index in [4.69, 9.17) is 4.99 Å². The van der Waals surface area contributed by atoms with Gasteiger partial charge < -0.3 is 10.6 Å². The Labute approximate surface area is 204 Å². The van der Waals surface area contributed by atoms with E-state index < -0.39 is 0 Å². The molecule has 0 spiro atoms. The van der Waals surface area contributed by atoms with Crippen molar-refractivity contribution < 1.29 is 0 Å². The Morgan fingerprint density at radius 2 is 2.00 bits per heavy atom. The van der Waals surface area contributed by atoms with Crippen LogP contribution in [-0.2, 0) is 13.1 Å². The molecule has 1 fully saturated rings. The molecule has 1 aliphatic heterocycles. The van der Waals surface area contributed by atoms with Crippen molar-refractivity contribution in [2.45, 2.75) is 72.1 Å². The molecule has 2 unspecified atom stereocenters. The third-order valence-corrected chi connectivity index (χ3v) is 5.83. The molecule has 31 heavy (non-hydrogen) atoms. The number of aryl methyl sites for hydroxylation is 3. The fourth-order valence-corrected chi connectivity index (χ4v) is 4.23. The summed E-state index contributed by atoms with van der Waals surface area (Å²) in [5, 5.41) is 11.6. The number of halogens is 1. The molecule has 2 atom stereocenters. The third-order valence-electron chi connectivity index (χ3n) is 5.83. The average Bonchev–Trinajstić information content (AvgIpc) is 3.05. The highest BCUT2D eigenvalue weighted by molar-refractivity contribution is 14.0. The van der Waals surface area contributed by atoms with Gasteiger partial charge in [-0.05, 0) is 58.6 Å². The van der Waals surface area contributed by atoms with Crippen molar-refractivity contribution in [3.8, 4) is 0 Å². The van der Waals surface area contributed by atoms with Crippen molar-refractivity contribution in [3.05, 3.63) is 53.3 Å². The van der Waals surface area contributed by atoms with Gasteiger partial charge in [-0.1, -0.05) is 30.3 Å². The minimum Gasteiger partial charge on any atom is -0.357 e. The first-order valence-electron chi connectivity index (χ1n) is 11.4. The molecule has 3 rings (SSSR count). The molecule has 7 heteroatoms. The van der Waals surface area contributed by atoms with E-state index >= 15 is 0 Å². The molecule has 0 saturated carbocycles.